The lowest BCUT2D eigenvalue weighted by atomic mass is 10.0. The molecule has 0 radical (unpaired) electrons. The number of ether oxygens (including phenoxy) is 1. The predicted molar refractivity (Wildman–Crippen MR) is 123 cm³/mol. The quantitative estimate of drug-likeness (QED) is 0.127. The van der Waals surface area contributed by atoms with Crippen LogP contribution < -0.4 is 4.74 Å². The molecule has 3 aromatic carbocycles. The highest BCUT2D eigenvalue weighted by Gasteiger charge is 2.25. The van der Waals surface area contributed by atoms with Gasteiger partial charge in [0.1, 0.15) is 11.3 Å². The molecule has 0 heterocycles. The molecule has 3 aromatic rings. The van der Waals surface area contributed by atoms with E-state index in [0.717, 1.165) is 31.4 Å². The molecule has 184 valence electrons. The lowest BCUT2D eigenvalue weighted by Crippen LogP contribution is -2.04. The minimum atomic E-state index is -1.68. The number of rotatable bonds is 9. The molecule has 3 rings (SSSR count). The molecule has 0 aliphatic carbocycles. The molecule has 0 atom stereocenters. The Labute approximate surface area is 200 Å². The fourth-order valence-electron chi connectivity index (χ4n) is 3.49. The van der Waals surface area contributed by atoms with Crippen molar-refractivity contribution in [1.82, 2.24) is 0 Å². The van der Waals surface area contributed by atoms with Crippen LogP contribution in [-0.2, 0) is 0 Å². The lowest BCUT2D eigenvalue weighted by Gasteiger charge is -2.11. The zero-order valence-electron chi connectivity index (χ0n) is 19.2. The molecule has 7 heteroatoms. The van der Waals surface area contributed by atoms with Crippen LogP contribution in [0.3, 0.4) is 0 Å². The molecule has 0 N–H and O–H groups in total. The molecule has 35 heavy (non-hydrogen) atoms. The van der Waals surface area contributed by atoms with Gasteiger partial charge in [0, 0.05) is 5.56 Å². The highest BCUT2D eigenvalue weighted by atomic mass is 19.2. The molecule has 0 amide bonds. The van der Waals surface area contributed by atoms with Crippen LogP contribution in [0.15, 0.2) is 42.5 Å². The van der Waals surface area contributed by atoms with Gasteiger partial charge in [0.25, 0.3) is 0 Å². The third-order valence-electron chi connectivity index (χ3n) is 5.42. The molecule has 0 aromatic heterocycles. The first-order chi connectivity index (χ1) is 16.8. The van der Waals surface area contributed by atoms with Gasteiger partial charge >= 0.3 is 0 Å². The summed E-state index contributed by atoms with van der Waals surface area (Å²) in [6.45, 7) is 2.64. The second kappa shape index (κ2) is 12.3. The first kappa shape index (κ1) is 26.2. The summed E-state index contributed by atoms with van der Waals surface area (Å²) in [5, 5.41) is 0. The number of hydrogen-bond donors (Lipinski definition) is 0. The van der Waals surface area contributed by atoms with Gasteiger partial charge in [-0.2, -0.15) is 0 Å². The third-order valence-corrected chi connectivity index (χ3v) is 5.42. The van der Waals surface area contributed by atoms with Crippen molar-refractivity contribution in [1.29, 1.82) is 0 Å². The van der Waals surface area contributed by atoms with Gasteiger partial charge in [-0.25, -0.2) is 26.3 Å². The summed E-state index contributed by atoms with van der Waals surface area (Å²) in [5.41, 5.74) is -2.22. The maximum atomic E-state index is 14.7. The zero-order valence-corrected chi connectivity index (χ0v) is 19.2. The Balaban J connectivity index is 1.76. The molecule has 0 unspecified atom stereocenters. The average Bonchev–Trinajstić information content (AvgIpc) is 2.85. The highest BCUT2D eigenvalue weighted by Crippen LogP contribution is 2.33. The Kier molecular flexibility index (Phi) is 9.25. The van der Waals surface area contributed by atoms with Crippen molar-refractivity contribution in [3.63, 3.8) is 0 Å². The average molecular weight is 490 g/mol. The van der Waals surface area contributed by atoms with Crippen molar-refractivity contribution < 1.29 is 31.1 Å². The standard InChI is InChI=1S/C28H24F6O/c1-2-3-4-5-6-7-16-35-20-12-10-19(11-13-20)24-27(33)25(31)21(26(32)28(24)34)14-8-18-9-15-22(29)23(30)17-18/h9-13,15,17H,2-7,16H2,1H3. The molecule has 0 aliphatic heterocycles. The van der Waals surface area contributed by atoms with Gasteiger partial charge in [0.2, 0.25) is 0 Å². The van der Waals surface area contributed by atoms with Gasteiger partial charge in [-0.1, -0.05) is 63.0 Å². The molecule has 0 spiro atoms. The number of halogens is 6. The van der Waals surface area contributed by atoms with Crippen LogP contribution in [0.25, 0.3) is 11.1 Å². The monoisotopic (exact) mass is 490 g/mol. The fraction of sp³-hybridized carbons (Fsp3) is 0.286. The summed E-state index contributed by atoms with van der Waals surface area (Å²) in [6, 6.07) is 8.11. The van der Waals surface area contributed by atoms with Gasteiger partial charge in [-0.05, 0) is 42.3 Å². The number of hydrogen-bond acceptors (Lipinski definition) is 1. The van der Waals surface area contributed by atoms with Gasteiger partial charge in [-0.3, -0.25) is 0 Å². The van der Waals surface area contributed by atoms with Crippen LogP contribution in [0.2, 0.25) is 0 Å². The maximum absolute atomic E-state index is 14.7. The van der Waals surface area contributed by atoms with E-state index in [9.17, 15) is 26.3 Å². The van der Waals surface area contributed by atoms with Crippen molar-refractivity contribution in [2.75, 3.05) is 6.61 Å². The summed E-state index contributed by atoms with van der Waals surface area (Å²) in [4.78, 5) is 0. The van der Waals surface area contributed by atoms with Gasteiger partial charge < -0.3 is 4.74 Å². The number of benzene rings is 3. The molecular formula is C28H24F6O. The maximum Gasteiger partial charge on any atom is 0.178 e. The van der Waals surface area contributed by atoms with E-state index in [4.69, 9.17) is 4.74 Å². The molecule has 0 bridgehead atoms. The van der Waals surface area contributed by atoms with E-state index in [-0.39, 0.29) is 11.1 Å². The summed E-state index contributed by atoms with van der Waals surface area (Å²) in [7, 11) is 0. The fourth-order valence-corrected chi connectivity index (χ4v) is 3.49. The Hall–Kier alpha value is -3.40. The lowest BCUT2D eigenvalue weighted by molar-refractivity contribution is 0.304. The van der Waals surface area contributed by atoms with E-state index in [2.05, 4.69) is 12.8 Å². The number of unbranched alkanes of at least 4 members (excludes halogenated alkanes) is 5. The van der Waals surface area contributed by atoms with E-state index in [1.807, 2.05) is 5.92 Å². The molecule has 0 aliphatic rings. The van der Waals surface area contributed by atoms with Gasteiger partial charge in [-0.15, -0.1) is 0 Å². The molecule has 0 fully saturated rings. The van der Waals surface area contributed by atoms with E-state index in [0.29, 0.717) is 18.4 Å². The summed E-state index contributed by atoms with van der Waals surface area (Å²) >= 11 is 0. The van der Waals surface area contributed by atoms with Crippen molar-refractivity contribution >= 4 is 0 Å². The van der Waals surface area contributed by atoms with Crippen molar-refractivity contribution in [3.05, 3.63) is 88.5 Å². The SMILES string of the molecule is CCCCCCCCOc1ccc(-c2c(F)c(F)c(C#Cc3ccc(F)c(F)c3)c(F)c2F)cc1. The molecule has 1 nitrogen and oxygen atoms in total. The Morgan fingerprint density at radius 1 is 0.657 bits per heavy atom. The van der Waals surface area contributed by atoms with E-state index >= 15 is 0 Å². The van der Waals surface area contributed by atoms with Crippen LogP contribution in [0.5, 0.6) is 5.75 Å². The smallest absolute Gasteiger partial charge is 0.178 e. The second-order valence-electron chi connectivity index (χ2n) is 8.03. The molecular weight excluding hydrogens is 466 g/mol. The third kappa shape index (κ3) is 6.60. The first-order valence-electron chi connectivity index (χ1n) is 11.4. The topological polar surface area (TPSA) is 9.23 Å². The highest BCUT2D eigenvalue weighted by molar-refractivity contribution is 5.67. The van der Waals surface area contributed by atoms with E-state index in [1.165, 1.54) is 43.5 Å². The minimum absolute atomic E-state index is 0.0789. The van der Waals surface area contributed by atoms with Crippen molar-refractivity contribution in [3.8, 4) is 28.7 Å². The summed E-state index contributed by atoms with van der Waals surface area (Å²) in [5.74, 6) is -4.32. The van der Waals surface area contributed by atoms with Gasteiger partial charge in [0.15, 0.2) is 34.9 Å². The second-order valence-corrected chi connectivity index (χ2v) is 8.03. The first-order valence-corrected chi connectivity index (χ1v) is 11.4. The van der Waals surface area contributed by atoms with Crippen LogP contribution in [0, 0.1) is 46.7 Å². The van der Waals surface area contributed by atoms with Crippen LogP contribution >= 0.6 is 0 Å². The van der Waals surface area contributed by atoms with Crippen LogP contribution in [0.4, 0.5) is 26.3 Å². The van der Waals surface area contributed by atoms with Gasteiger partial charge in [0.05, 0.1) is 12.2 Å². The van der Waals surface area contributed by atoms with E-state index < -0.39 is 46.0 Å². The zero-order chi connectivity index (χ0) is 25.4. The largest absolute Gasteiger partial charge is 0.494 e. The normalized spacial score (nSPS) is 10.7. The van der Waals surface area contributed by atoms with Crippen LogP contribution in [-0.4, -0.2) is 6.61 Å². The minimum Gasteiger partial charge on any atom is -0.494 e. The summed E-state index contributed by atoms with van der Waals surface area (Å²) < 4.78 is 90.5. The van der Waals surface area contributed by atoms with Crippen molar-refractivity contribution in [2.24, 2.45) is 0 Å². The Morgan fingerprint density at radius 2 is 1.29 bits per heavy atom. The predicted octanol–water partition coefficient (Wildman–Crippen LogP) is 8.33. The van der Waals surface area contributed by atoms with Crippen molar-refractivity contribution in [2.45, 2.75) is 45.4 Å². The molecule has 0 saturated heterocycles. The summed E-state index contributed by atoms with van der Waals surface area (Å²) in [6.07, 6.45) is 6.61. The van der Waals surface area contributed by atoms with E-state index in [1.54, 1.807) is 0 Å². The Bertz CT molecular complexity index is 1200. The van der Waals surface area contributed by atoms with Crippen LogP contribution in [0.1, 0.15) is 56.6 Å². The Morgan fingerprint density at radius 3 is 1.91 bits per heavy atom. The molecule has 0 saturated carbocycles.